The number of amides is 2. The average Bonchev–Trinajstić information content (AvgIpc) is 2.37. The van der Waals surface area contributed by atoms with E-state index in [-0.39, 0.29) is 24.4 Å². The second kappa shape index (κ2) is 7.78. The number of aliphatic hydroxyl groups excluding tert-OH is 1. The number of alkyl halides is 2. The van der Waals surface area contributed by atoms with Crippen LogP contribution >= 0.6 is 0 Å². The zero-order valence-corrected chi connectivity index (χ0v) is 12.2. The van der Waals surface area contributed by atoms with Crippen molar-refractivity contribution in [3.05, 3.63) is 29.8 Å². The van der Waals surface area contributed by atoms with Crippen molar-refractivity contribution in [1.29, 1.82) is 0 Å². The number of nitrogens with zero attached hydrogens (tertiary/aromatic N) is 1. The van der Waals surface area contributed by atoms with Crippen molar-refractivity contribution in [3.63, 3.8) is 0 Å². The van der Waals surface area contributed by atoms with E-state index in [1.807, 2.05) is 0 Å². The molecular formula is C14H20F2N2O3. The molecule has 0 aliphatic heterocycles. The Morgan fingerprint density at radius 2 is 1.90 bits per heavy atom. The topological polar surface area (TPSA) is 61.8 Å². The first-order valence-electron chi connectivity index (χ1n) is 6.54. The number of carbonyl (C=O) groups excluding carboxylic acids is 1. The first-order valence-corrected chi connectivity index (χ1v) is 6.54. The quantitative estimate of drug-likeness (QED) is 0.848. The van der Waals surface area contributed by atoms with Crippen LogP contribution in [0.5, 0.6) is 5.75 Å². The second-order valence-corrected chi connectivity index (χ2v) is 4.85. The van der Waals surface area contributed by atoms with E-state index in [1.54, 1.807) is 33.0 Å². The van der Waals surface area contributed by atoms with Crippen LogP contribution in [-0.2, 0) is 0 Å². The van der Waals surface area contributed by atoms with Gasteiger partial charge in [0.05, 0.1) is 12.1 Å². The molecule has 0 saturated heterocycles. The molecule has 0 heterocycles. The number of halogens is 2. The molecule has 0 aromatic heterocycles. The summed E-state index contributed by atoms with van der Waals surface area (Å²) >= 11 is 0. The van der Waals surface area contributed by atoms with E-state index < -0.39 is 12.7 Å². The van der Waals surface area contributed by atoms with Gasteiger partial charge in [-0.05, 0) is 31.5 Å². The predicted molar refractivity (Wildman–Crippen MR) is 74.3 cm³/mol. The first kappa shape index (κ1) is 17.2. The van der Waals surface area contributed by atoms with Crippen LogP contribution in [0.2, 0.25) is 0 Å². The number of nitrogens with one attached hydrogen (secondary N) is 1. The number of likely N-dealkylation sites (N-methyl/N-ethyl adjacent to an activating group) is 1. The Balaban J connectivity index is 2.58. The molecule has 2 unspecified atom stereocenters. The first-order chi connectivity index (χ1) is 9.79. The van der Waals surface area contributed by atoms with Gasteiger partial charge in [-0.25, -0.2) is 4.79 Å². The molecule has 0 radical (unpaired) electrons. The number of urea groups is 1. The van der Waals surface area contributed by atoms with Crippen molar-refractivity contribution in [2.24, 2.45) is 0 Å². The fourth-order valence-corrected chi connectivity index (χ4v) is 1.80. The maximum Gasteiger partial charge on any atom is 0.387 e. The van der Waals surface area contributed by atoms with Crippen molar-refractivity contribution in [2.75, 3.05) is 13.6 Å². The van der Waals surface area contributed by atoms with E-state index >= 15 is 0 Å². The van der Waals surface area contributed by atoms with Crippen molar-refractivity contribution in [3.8, 4) is 5.75 Å². The van der Waals surface area contributed by atoms with Gasteiger partial charge >= 0.3 is 12.6 Å². The molecule has 2 amide bonds. The summed E-state index contributed by atoms with van der Waals surface area (Å²) in [6, 6.07) is 5.44. The van der Waals surface area contributed by atoms with Crippen molar-refractivity contribution < 1.29 is 23.4 Å². The SMILES string of the molecule is CC(O)CN(C)C(=O)NC(C)c1ccc(OC(F)F)cc1. The number of hydrogen-bond donors (Lipinski definition) is 2. The summed E-state index contributed by atoms with van der Waals surface area (Å²) in [5.41, 5.74) is 0.760. The highest BCUT2D eigenvalue weighted by atomic mass is 19.3. The van der Waals surface area contributed by atoms with Crippen molar-refractivity contribution >= 4 is 6.03 Å². The van der Waals surface area contributed by atoms with Crippen LogP contribution in [0.3, 0.4) is 0 Å². The molecule has 0 fully saturated rings. The Labute approximate surface area is 122 Å². The lowest BCUT2D eigenvalue weighted by Gasteiger charge is -2.22. The van der Waals surface area contributed by atoms with Crippen LogP contribution < -0.4 is 10.1 Å². The van der Waals surface area contributed by atoms with E-state index in [2.05, 4.69) is 10.1 Å². The van der Waals surface area contributed by atoms with Crippen LogP contribution in [-0.4, -0.2) is 42.3 Å². The van der Waals surface area contributed by atoms with Gasteiger partial charge in [-0.3, -0.25) is 0 Å². The zero-order valence-electron chi connectivity index (χ0n) is 12.2. The molecule has 0 bridgehead atoms. The molecule has 0 saturated carbocycles. The minimum Gasteiger partial charge on any atom is -0.435 e. The van der Waals surface area contributed by atoms with Crippen molar-refractivity contribution in [2.45, 2.75) is 32.6 Å². The largest absolute Gasteiger partial charge is 0.435 e. The Hall–Kier alpha value is -1.89. The van der Waals surface area contributed by atoms with Crippen LogP contribution in [0.4, 0.5) is 13.6 Å². The Bertz CT molecular complexity index is 452. The summed E-state index contributed by atoms with van der Waals surface area (Å²) < 4.78 is 28.3. The number of benzene rings is 1. The number of hydrogen-bond acceptors (Lipinski definition) is 3. The average molecular weight is 302 g/mol. The van der Waals surface area contributed by atoms with Gasteiger partial charge in [-0.2, -0.15) is 8.78 Å². The molecule has 7 heteroatoms. The fraction of sp³-hybridized carbons (Fsp3) is 0.500. The van der Waals surface area contributed by atoms with Gasteiger partial charge in [0.1, 0.15) is 5.75 Å². The van der Waals surface area contributed by atoms with Crippen LogP contribution in [0.25, 0.3) is 0 Å². The molecule has 0 spiro atoms. The Kier molecular flexibility index (Phi) is 6.36. The number of carbonyl (C=O) groups is 1. The minimum atomic E-state index is -2.86. The van der Waals surface area contributed by atoms with E-state index in [9.17, 15) is 18.7 Å². The van der Waals surface area contributed by atoms with Crippen LogP contribution in [0, 0.1) is 0 Å². The van der Waals surface area contributed by atoms with Crippen LogP contribution in [0.1, 0.15) is 25.5 Å². The molecule has 21 heavy (non-hydrogen) atoms. The minimum absolute atomic E-state index is 0.0681. The lowest BCUT2D eigenvalue weighted by molar-refractivity contribution is -0.0498. The summed E-state index contributed by atoms with van der Waals surface area (Å²) in [5, 5.41) is 12.0. The fourth-order valence-electron chi connectivity index (χ4n) is 1.80. The maximum absolute atomic E-state index is 12.0. The number of ether oxygens (including phenoxy) is 1. The van der Waals surface area contributed by atoms with E-state index in [4.69, 9.17) is 0 Å². The van der Waals surface area contributed by atoms with Gasteiger partial charge < -0.3 is 20.1 Å². The smallest absolute Gasteiger partial charge is 0.387 e. The summed E-state index contributed by atoms with van der Waals surface area (Å²) in [5.74, 6) is 0.0681. The molecule has 0 aliphatic carbocycles. The van der Waals surface area contributed by atoms with Crippen molar-refractivity contribution in [1.82, 2.24) is 10.2 Å². The molecule has 1 aromatic carbocycles. The zero-order chi connectivity index (χ0) is 16.0. The van der Waals surface area contributed by atoms with Gasteiger partial charge in [-0.1, -0.05) is 12.1 Å². The summed E-state index contributed by atoms with van der Waals surface area (Å²) in [4.78, 5) is 13.2. The lowest BCUT2D eigenvalue weighted by Crippen LogP contribution is -2.41. The Morgan fingerprint density at radius 3 is 2.38 bits per heavy atom. The van der Waals surface area contributed by atoms with Gasteiger partial charge in [0.15, 0.2) is 0 Å². The van der Waals surface area contributed by atoms with E-state index in [0.29, 0.717) is 0 Å². The van der Waals surface area contributed by atoms with Crippen LogP contribution in [0.15, 0.2) is 24.3 Å². The molecule has 0 aliphatic rings. The highest BCUT2D eigenvalue weighted by Crippen LogP contribution is 2.19. The molecule has 1 aromatic rings. The van der Waals surface area contributed by atoms with Gasteiger partial charge in [0.2, 0.25) is 0 Å². The molecule has 1 rings (SSSR count). The highest BCUT2D eigenvalue weighted by molar-refractivity contribution is 5.74. The Morgan fingerprint density at radius 1 is 1.33 bits per heavy atom. The molecule has 118 valence electrons. The summed E-state index contributed by atoms with van der Waals surface area (Å²) in [7, 11) is 1.58. The summed E-state index contributed by atoms with van der Waals surface area (Å²) in [6.07, 6.45) is -0.609. The molecule has 5 nitrogen and oxygen atoms in total. The predicted octanol–water partition coefficient (Wildman–Crippen LogP) is 2.37. The molecule has 2 atom stereocenters. The normalized spacial score (nSPS) is 13.7. The third kappa shape index (κ3) is 5.95. The van der Waals surface area contributed by atoms with E-state index in [0.717, 1.165) is 5.56 Å². The third-order valence-corrected chi connectivity index (χ3v) is 2.83. The van der Waals surface area contributed by atoms with Gasteiger partial charge in [0, 0.05) is 13.6 Å². The van der Waals surface area contributed by atoms with Gasteiger partial charge in [-0.15, -0.1) is 0 Å². The lowest BCUT2D eigenvalue weighted by atomic mass is 10.1. The standard InChI is InChI=1S/C14H20F2N2O3/c1-9(19)8-18(3)14(20)17-10(2)11-4-6-12(7-5-11)21-13(15)16/h4-7,9-10,13,19H,8H2,1-3H3,(H,17,20). The number of rotatable bonds is 6. The highest BCUT2D eigenvalue weighted by Gasteiger charge is 2.15. The maximum atomic E-state index is 12.0. The molecule has 2 N–H and O–H groups in total. The van der Waals surface area contributed by atoms with Gasteiger partial charge in [0.25, 0.3) is 0 Å². The molecular weight excluding hydrogens is 282 g/mol. The number of aliphatic hydroxyl groups is 1. The third-order valence-electron chi connectivity index (χ3n) is 2.83. The second-order valence-electron chi connectivity index (χ2n) is 4.85. The van der Waals surface area contributed by atoms with E-state index in [1.165, 1.54) is 17.0 Å². The summed E-state index contributed by atoms with van der Waals surface area (Å²) in [6.45, 7) is 0.730. The monoisotopic (exact) mass is 302 g/mol.